The number of carbonyl (C=O) groups excluding carboxylic acids is 1. The van der Waals surface area contributed by atoms with Crippen LogP contribution in [0, 0.1) is 18.3 Å². The maximum atomic E-state index is 12.5. The summed E-state index contributed by atoms with van der Waals surface area (Å²) < 4.78 is 25.0. The second-order valence-electron chi connectivity index (χ2n) is 2.61. The first-order chi connectivity index (χ1) is 6.61. The van der Waals surface area contributed by atoms with E-state index < -0.39 is 12.0 Å². The normalized spacial score (nSPS) is 9.93. The Labute approximate surface area is 79.0 Å². The topological polar surface area (TPSA) is 53.8 Å². The lowest BCUT2D eigenvalue weighted by Gasteiger charge is -2.07. The molecule has 0 radical (unpaired) electrons. The third-order valence-electron chi connectivity index (χ3n) is 1.81. The van der Waals surface area contributed by atoms with Gasteiger partial charge < -0.3 is 0 Å². The van der Waals surface area contributed by atoms with Gasteiger partial charge in [-0.25, -0.2) is 8.78 Å². The number of nitriles is 1. The quantitative estimate of drug-likeness (QED) is 0.680. The second kappa shape index (κ2) is 3.92. The smallest absolute Gasteiger partial charge is 0.266 e. The van der Waals surface area contributed by atoms with Crippen molar-refractivity contribution in [3.63, 3.8) is 0 Å². The van der Waals surface area contributed by atoms with Gasteiger partial charge in [0, 0.05) is 17.5 Å². The van der Waals surface area contributed by atoms with Crippen LogP contribution in [0.2, 0.25) is 0 Å². The highest BCUT2D eigenvalue weighted by atomic mass is 19.3. The number of hydrogen-bond donors (Lipinski definition) is 0. The lowest BCUT2D eigenvalue weighted by atomic mass is 10.0. The number of carbonyl (C=O) groups is 1. The van der Waals surface area contributed by atoms with Crippen LogP contribution < -0.4 is 0 Å². The lowest BCUT2D eigenvalue weighted by molar-refractivity contribution is 0.110. The molecule has 1 aromatic rings. The Balaban J connectivity index is 3.52. The van der Waals surface area contributed by atoms with Gasteiger partial charge in [-0.15, -0.1) is 0 Å². The van der Waals surface area contributed by atoms with Crippen molar-refractivity contribution in [1.29, 1.82) is 5.26 Å². The summed E-state index contributed by atoms with van der Waals surface area (Å²) in [6.45, 7) is 1.37. The summed E-state index contributed by atoms with van der Waals surface area (Å²) in [4.78, 5) is 14.2. The van der Waals surface area contributed by atoms with E-state index in [1.807, 2.05) is 0 Å². The van der Waals surface area contributed by atoms with Crippen LogP contribution >= 0.6 is 0 Å². The molecule has 72 valence electrons. The molecule has 5 heteroatoms. The third kappa shape index (κ3) is 1.59. The SMILES string of the molecule is Cc1ncc(C#N)c(C=O)c1C(F)F. The van der Waals surface area contributed by atoms with Crippen LogP contribution in [0.25, 0.3) is 0 Å². The summed E-state index contributed by atoms with van der Waals surface area (Å²) in [5.74, 6) is 0. The molecule has 1 aromatic heterocycles. The maximum absolute atomic E-state index is 12.5. The van der Waals surface area contributed by atoms with Crippen LogP contribution in [0.1, 0.15) is 33.6 Å². The highest BCUT2D eigenvalue weighted by Gasteiger charge is 2.19. The Morgan fingerprint density at radius 3 is 2.71 bits per heavy atom. The number of aryl methyl sites for hydroxylation is 1. The van der Waals surface area contributed by atoms with E-state index in [0.717, 1.165) is 6.20 Å². The molecular weight excluding hydrogens is 190 g/mol. The minimum Gasteiger partial charge on any atom is -0.298 e. The standard InChI is InChI=1S/C9H6F2N2O/c1-5-8(9(10)11)7(4-14)6(2-12)3-13-5/h3-4,9H,1H3. The van der Waals surface area contributed by atoms with Crippen molar-refractivity contribution in [2.24, 2.45) is 0 Å². The van der Waals surface area contributed by atoms with Gasteiger partial charge in [0.15, 0.2) is 6.29 Å². The summed E-state index contributed by atoms with van der Waals surface area (Å²) in [6, 6.07) is 1.64. The van der Waals surface area contributed by atoms with Crippen molar-refractivity contribution in [2.45, 2.75) is 13.3 Å². The van der Waals surface area contributed by atoms with Gasteiger partial charge in [-0.3, -0.25) is 9.78 Å². The van der Waals surface area contributed by atoms with Gasteiger partial charge in [-0.1, -0.05) is 0 Å². The number of aldehydes is 1. The van der Waals surface area contributed by atoms with Crippen LogP contribution in [-0.4, -0.2) is 11.3 Å². The predicted octanol–water partition coefficient (Wildman–Crippen LogP) is 2.01. The molecule has 0 amide bonds. The Kier molecular flexibility index (Phi) is 2.87. The number of nitrogens with zero attached hydrogens (tertiary/aromatic N) is 2. The van der Waals surface area contributed by atoms with Gasteiger partial charge >= 0.3 is 0 Å². The zero-order chi connectivity index (χ0) is 10.7. The fraction of sp³-hybridized carbons (Fsp3) is 0.222. The molecule has 1 rings (SSSR count). The Morgan fingerprint density at radius 1 is 1.64 bits per heavy atom. The first-order valence-electron chi connectivity index (χ1n) is 3.74. The van der Waals surface area contributed by atoms with Gasteiger partial charge in [0.05, 0.1) is 11.1 Å². The summed E-state index contributed by atoms with van der Waals surface area (Å²) >= 11 is 0. The summed E-state index contributed by atoms with van der Waals surface area (Å²) in [5, 5.41) is 8.55. The van der Waals surface area contributed by atoms with Crippen molar-refractivity contribution in [1.82, 2.24) is 4.98 Å². The number of halogens is 2. The van der Waals surface area contributed by atoms with E-state index in [2.05, 4.69) is 4.98 Å². The van der Waals surface area contributed by atoms with E-state index >= 15 is 0 Å². The fourth-order valence-electron chi connectivity index (χ4n) is 1.13. The van der Waals surface area contributed by atoms with Crippen LogP contribution in [0.3, 0.4) is 0 Å². The predicted molar refractivity (Wildman–Crippen MR) is 44.0 cm³/mol. The summed E-state index contributed by atoms with van der Waals surface area (Å²) in [6.07, 6.45) is -1.42. The lowest BCUT2D eigenvalue weighted by Crippen LogP contribution is -2.02. The van der Waals surface area contributed by atoms with Crippen LogP contribution in [-0.2, 0) is 0 Å². The molecule has 0 unspecified atom stereocenters. The third-order valence-corrected chi connectivity index (χ3v) is 1.81. The number of alkyl halides is 2. The number of hydrogen-bond acceptors (Lipinski definition) is 3. The van der Waals surface area contributed by atoms with E-state index in [1.165, 1.54) is 6.92 Å². The average molecular weight is 196 g/mol. The molecule has 0 atom stereocenters. The number of aromatic nitrogens is 1. The molecule has 0 saturated heterocycles. The molecule has 14 heavy (non-hydrogen) atoms. The first kappa shape index (κ1) is 10.3. The highest BCUT2D eigenvalue weighted by molar-refractivity contribution is 5.81. The van der Waals surface area contributed by atoms with Gasteiger partial charge in [0.2, 0.25) is 0 Å². The van der Waals surface area contributed by atoms with E-state index in [4.69, 9.17) is 5.26 Å². The molecule has 1 heterocycles. The van der Waals surface area contributed by atoms with E-state index in [9.17, 15) is 13.6 Å². The Hall–Kier alpha value is -1.83. The molecule has 0 aliphatic rings. The molecule has 3 nitrogen and oxygen atoms in total. The van der Waals surface area contributed by atoms with Gasteiger partial charge in [0.25, 0.3) is 6.43 Å². The van der Waals surface area contributed by atoms with Gasteiger partial charge in [-0.05, 0) is 6.92 Å². The minimum atomic E-state index is -2.80. The van der Waals surface area contributed by atoms with E-state index in [1.54, 1.807) is 6.07 Å². The first-order valence-corrected chi connectivity index (χ1v) is 3.74. The second-order valence-corrected chi connectivity index (χ2v) is 2.61. The molecule has 0 aromatic carbocycles. The van der Waals surface area contributed by atoms with Crippen molar-refractivity contribution in [3.8, 4) is 6.07 Å². The van der Waals surface area contributed by atoms with Crippen LogP contribution in [0.15, 0.2) is 6.20 Å². The highest BCUT2D eigenvalue weighted by Crippen LogP contribution is 2.25. The molecule has 0 fully saturated rings. The summed E-state index contributed by atoms with van der Waals surface area (Å²) in [5.41, 5.74) is -0.781. The number of rotatable bonds is 2. The molecule has 0 aliphatic heterocycles. The van der Waals surface area contributed by atoms with Crippen LogP contribution in [0.4, 0.5) is 8.78 Å². The zero-order valence-electron chi connectivity index (χ0n) is 7.29. The molecule has 0 saturated carbocycles. The van der Waals surface area contributed by atoms with Crippen LogP contribution in [0.5, 0.6) is 0 Å². The molecule has 0 N–H and O–H groups in total. The Bertz CT molecular complexity index is 410. The molecule has 0 spiro atoms. The maximum Gasteiger partial charge on any atom is 0.266 e. The van der Waals surface area contributed by atoms with Crippen molar-refractivity contribution >= 4 is 6.29 Å². The van der Waals surface area contributed by atoms with Crippen molar-refractivity contribution in [3.05, 3.63) is 28.6 Å². The van der Waals surface area contributed by atoms with Gasteiger partial charge in [0.1, 0.15) is 6.07 Å². The molecule has 0 bridgehead atoms. The largest absolute Gasteiger partial charge is 0.298 e. The van der Waals surface area contributed by atoms with Crippen molar-refractivity contribution in [2.75, 3.05) is 0 Å². The Morgan fingerprint density at radius 2 is 2.29 bits per heavy atom. The average Bonchev–Trinajstić information content (AvgIpc) is 2.16. The monoisotopic (exact) mass is 196 g/mol. The minimum absolute atomic E-state index is 0.0705. The summed E-state index contributed by atoms with van der Waals surface area (Å²) in [7, 11) is 0. The fourth-order valence-corrected chi connectivity index (χ4v) is 1.13. The van der Waals surface area contributed by atoms with E-state index in [0.29, 0.717) is 0 Å². The molecular formula is C9H6F2N2O. The number of pyridine rings is 1. The zero-order valence-corrected chi connectivity index (χ0v) is 7.29. The molecule has 0 aliphatic carbocycles. The van der Waals surface area contributed by atoms with E-state index in [-0.39, 0.29) is 23.1 Å². The van der Waals surface area contributed by atoms with Crippen molar-refractivity contribution < 1.29 is 13.6 Å². The van der Waals surface area contributed by atoms with Gasteiger partial charge in [-0.2, -0.15) is 5.26 Å².